The van der Waals surface area contributed by atoms with Crippen molar-refractivity contribution in [2.45, 2.75) is 6.18 Å². The second-order valence-electron chi connectivity index (χ2n) is 4.90. The number of anilines is 3. The molecule has 0 fully saturated rings. The molecule has 2 aromatic rings. The molecule has 0 saturated carbocycles. The van der Waals surface area contributed by atoms with Crippen molar-refractivity contribution in [1.29, 1.82) is 0 Å². The number of methoxy groups -OCH3 is 1. The van der Waals surface area contributed by atoms with Crippen molar-refractivity contribution in [2.24, 2.45) is 0 Å². The first-order valence-corrected chi connectivity index (χ1v) is 7.06. The van der Waals surface area contributed by atoms with Gasteiger partial charge in [-0.05, 0) is 24.3 Å². The number of nitrogens with zero attached hydrogens (tertiary/aromatic N) is 2. The summed E-state index contributed by atoms with van der Waals surface area (Å²) < 4.78 is 43.4. The third kappa shape index (κ3) is 5.06. The normalized spacial score (nSPS) is 10.9. The third-order valence-corrected chi connectivity index (χ3v) is 2.99. The van der Waals surface area contributed by atoms with Crippen molar-refractivity contribution >= 4 is 29.4 Å². The summed E-state index contributed by atoms with van der Waals surface area (Å²) in [5.41, 5.74) is -0.622. The van der Waals surface area contributed by atoms with E-state index in [0.29, 0.717) is 11.8 Å². The number of esters is 1. The van der Waals surface area contributed by atoms with Gasteiger partial charge in [-0.1, -0.05) is 0 Å². The summed E-state index contributed by atoms with van der Waals surface area (Å²) >= 11 is 0. The smallest absolute Gasteiger partial charge is 0.433 e. The highest BCUT2D eigenvalue weighted by molar-refractivity contribution is 5.89. The van der Waals surface area contributed by atoms with Crippen LogP contribution in [0.4, 0.5) is 30.6 Å². The van der Waals surface area contributed by atoms with Gasteiger partial charge in [-0.25, -0.2) is 9.78 Å². The molecule has 1 aromatic carbocycles. The van der Waals surface area contributed by atoms with Crippen molar-refractivity contribution in [3.05, 3.63) is 41.6 Å². The Balaban J connectivity index is 2.28. The topological polar surface area (TPSA) is 113 Å². The van der Waals surface area contributed by atoms with E-state index in [9.17, 15) is 22.8 Å². The summed E-state index contributed by atoms with van der Waals surface area (Å²) in [5.74, 6) is -2.53. The van der Waals surface area contributed by atoms with Crippen LogP contribution < -0.4 is 10.6 Å². The fourth-order valence-corrected chi connectivity index (χ4v) is 1.85. The molecule has 0 unspecified atom stereocenters. The zero-order chi connectivity index (χ0) is 19.3. The van der Waals surface area contributed by atoms with Crippen molar-refractivity contribution in [1.82, 2.24) is 9.97 Å². The minimum absolute atomic E-state index is 0.203. The summed E-state index contributed by atoms with van der Waals surface area (Å²) in [4.78, 5) is 29.0. The van der Waals surface area contributed by atoms with Gasteiger partial charge in [0, 0.05) is 11.8 Å². The first-order chi connectivity index (χ1) is 12.2. The van der Waals surface area contributed by atoms with Gasteiger partial charge in [-0.3, -0.25) is 4.79 Å². The molecule has 138 valence electrons. The van der Waals surface area contributed by atoms with Gasteiger partial charge in [0.2, 0.25) is 5.95 Å². The number of aliphatic carboxylic acids is 1. The molecular weight excluding hydrogens is 357 g/mol. The molecule has 0 aliphatic rings. The largest absolute Gasteiger partial charge is 0.480 e. The average molecular weight is 370 g/mol. The summed E-state index contributed by atoms with van der Waals surface area (Å²) in [5, 5.41) is 13.4. The number of carbonyl (C=O) groups excluding carboxylic acids is 1. The Hall–Kier alpha value is -3.37. The number of carbonyl (C=O) groups is 2. The van der Waals surface area contributed by atoms with Crippen LogP contribution in [0.3, 0.4) is 0 Å². The molecule has 0 spiro atoms. The predicted octanol–water partition coefficient (Wildman–Crippen LogP) is 2.52. The maximum absolute atomic E-state index is 13.0. The number of benzene rings is 1. The number of hydrogen-bond acceptors (Lipinski definition) is 7. The standard InChI is InChI=1S/C15H13F3N4O4/c1-26-13(25)8-2-4-9(5-3-8)20-11-6-10(15(16,17)18)21-14(22-11)19-7-12(23)24/h2-6H,7H2,1H3,(H,23,24)(H2,19,20,21,22). The van der Waals surface area contributed by atoms with Crippen LogP contribution in [0.2, 0.25) is 0 Å². The summed E-state index contributed by atoms with van der Waals surface area (Å²) in [6, 6.07) is 6.42. The molecule has 0 amide bonds. The molecular formula is C15H13F3N4O4. The maximum Gasteiger partial charge on any atom is 0.433 e. The lowest BCUT2D eigenvalue weighted by atomic mass is 10.2. The highest BCUT2D eigenvalue weighted by Crippen LogP contribution is 2.30. The van der Waals surface area contributed by atoms with Gasteiger partial charge in [-0.15, -0.1) is 0 Å². The molecule has 1 aromatic heterocycles. The van der Waals surface area contributed by atoms with Gasteiger partial charge >= 0.3 is 18.1 Å². The monoisotopic (exact) mass is 370 g/mol. The van der Waals surface area contributed by atoms with Gasteiger partial charge in [0.25, 0.3) is 0 Å². The van der Waals surface area contributed by atoms with Gasteiger partial charge < -0.3 is 20.5 Å². The van der Waals surface area contributed by atoms with Gasteiger partial charge in [0.15, 0.2) is 5.69 Å². The lowest BCUT2D eigenvalue weighted by molar-refractivity contribution is -0.141. The van der Waals surface area contributed by atoms with E-state index in [4.69, 9.17) is 5.11 Å². The van der Waals surface area contributed by atoms with Crippen molar-refractivity contribution < 1.29 is 32.6 Å². The molecule has 2 rings (SSSR count). The molecule has 1 heterocycles. The number of halogens is 3. The van der Waals surface area contributed by atoms with Crippen LogP contribution in [0.5, 0.6) is 0 Å². The predicted molar refractivity (Wildman–Crippen MR) is 84.2 cm³/mol. The first-order valence-electron chi connectivity index (χ1n) is 7.06. The Kier molecular flexibility index (Phi) is 5.60. The lowest BCUT2D eigenvalue weighted by Gasteiger charge is -2.12. The Morgan fingerprint density at radius 3 is 2.38 bits per heavy atom. The third-order valence-electron chi connectivity index (χ3n) is 2.99. The molecule has 3 N–H and O–H groups in total. The number of rotatable bonds is 6. The van der Waals surface area contributed by atoms with Gasteiger partial charge in [0.1, 0.15) is 12.4 Å². The van der Waals surface area contributed by atoms with Crippen molar-refractivity contribution in [3.63, 3.8) is 0 Å². The SMILES string of the molecule is COC(=O)c1ccc(Nc2cc(C(F)(F)F)nc(NCC(=O)O)n2)cc1. The molecule has 0 bridgehead atoms. The number of carboxylic acid groups (broad SMARTS) is 1. The van der Waals surface area contributed by atoms with Crippen LogP contribution in [0.15, 0.2) is 30.3 Å². The maximum atomic E-state index is 13.0. The van der Waals surface area contributed by atoms with E-state index in [-0.39, 0.29) is 11.4 Å². The number of nitrogens with one attached hydrogen (secondary N) is 2. The summed E-state index contributed by atoms with van der Waals surface area (Å²) in [6.45, 7) is -0.644. The molecule has 0 aliphatic heterocycles. The summed E-state index contributed by atoms with van der Waals surface area (Å²) in [6.07, 6.45) is -4.74. The fraction of sp³-hybridized carbons (Fsp3) is 0.200. The molecule has 0 atom stereocenters. The van der Waals surface area contributed by atoms with Crippen molar-refractivity contribution in [2.75, 3.05) is 24.3 Å². The van der Waals surface area contributed by atoms with Crippen LogP contribution >= 0.6 is 0 Å². The van der Waals surface area contributed by atoms with E-state index in [1.54, 1.807) is 0 Å². The lowest BCUT2D eigenvalue weighted by Crippen LogP contribution is -2.17. The molecule has 0 aliphatic carbocycles. The highest BCUT2D eigenvalue weighted by atomic mass is 19.4. The van der Waals surface area contributed by atoms with Crippen LogP contribution in [-0.4, -0.2) is 40.7 Å². The van der Waals surface area contributed by atoms with E-state index in [0.717, 1.165) is 0 Å². The molecule has 11 heteroatoms. The zero-order valence-corrected chi connectivity index (χ0v) is 13.3. The molecule has 8 nitrogen and oxygen atoms in total. The zero-order valence-electron chi connectivity index (χ0n) is 13.3. The number of alkyl halides is 3. The van der Waals surface area contributed by atoms with Gasteiger partial charge in [-0.2, -0.15) is 18.2 Å². The van der Waals surface area contributed by atoms with Crippen LogP contribution in [0.1, 0.15) is 16.1 Å². The second-order valence-corrected chi connectivity index (χ2v) is 4.90. The molecule has 0 saturated heterocycles. The summed E-state index contributed by atoms with van der Waals surface area (Å²) in [7, 11) is 1.22. The van der Waals surface area contributed by atoms with Crippen LogP contribution in [0, 0.1) is 0 Å². The van der Waals surface area contributed by atoms with E-state index in [1.807, 2.05) is 0 Å². The number of carboxylic acids is 1. The highest BCUT2D eigenvalue weighted by Gasteiger charge is 2.33. The minimum atomic E-state index is -4.74. The number of ether oxygens (including phenoxy) is 1. The fourth-order valence-electron chi connectivity index (χ4n) is 1.85. The van der Waals surface area contributed by atoms with E-state index >= 15 is 0 Å². The van der Waals surface area contributed by atoms with Crippen LogP contribution in [-0.2, 0) is 15.7 Å². The average Bonchev–Trinajstić information content (AvgIpc) is 2.59. The minimum Gasteiger partial charge on any atom is -0.480 e. The first kappa shape index (κ1) is 19.0. The van der Waals surface area contributed by atoms with Crippen molar-refractivity contribution in [3.8, 4) is 0 Å². The number of hydrogen-bond donors (Lipinski definition) is 3. The van der Waals surface area contributed by atoms with Crippen LogP contribution in [0.25, 0.3) is 0 Å². The van der Waals surface area contributed by atoms with E-state index in [2.05, 4.69) is 25.3 Å². The number of aromatic nitrogens is 2. The van der Waals surface area contributed by atoms with E-state index < -0.39 is 36.3 Å². The van der Waals surface area contributed by atoms with E-state index in [1.165, 1.54) is 31.4 Å². The Morgan fingerprint density at radius 1 is 1.19 bits per heavy atom. The van der Waals surface area contributed by atoms with Gasteiger partial charge in [0.05, 0.1) is 12.7 Å². The molecule has 0 radical (unpaired) electrons. The molecule has 26 heavy (non-hydrogen) atoms. The Morgan fingerprint density at radius 2 is 1.85 bits per heavy atom. The Labute approximate surface area is 145 Å². The quantitative estimate of drug-likeness (QED) is 0.665. The Bertz CT molecular complexity index is 810. The second kappa shape index (κ2) is 7.68.